The molecule has 3 saturated heterocycles. The number of likely N-dealkylation sites (N-methyl/N-ethyl adjacent to an activating group) is 2. The van der Waals surface area contributed by atoms with Crippen LogP contribution in [0.2, 0.25) is 0 Å². The first kappa shape index (κ1) is 15.8. The molecule has 120 valence electrons. The summed E-state index contributed by atoms with van der Waals surface area (Å²) in [5, 5.41) is 0. The van der Waals surface area contributed by atoms with E-state index in [9.17, 15) is 4.79 Å². The van der Waals surface area contributed by atoms with Gasteiger partial charge in [-0.05, 0) is 39.1 Å². The van der Waals surface area contributed by atoms with Crippen LogP contribution in [0, 0.1) is 5.92 Å². The normalized spacial score (nSPS) is 39.0. The fourth-order valence-corrected chi connectivity index (χ4v) is 5.26. The molecule has 0 saturated carbocycles. The number of rotatable bonds is 3. The zero-order valence-corrected chi connectivity index (χ0v) is 14.2. The quantitative estimate of drug-likeness (QED) is 0.788. The van der Waals surface area contributed by atoms with Gasteiger partial charge in [0.2, 0.25) is 0 Å². The molecule has 3 aliphatic heterocycles. The molecule has 0 aliphatic carbocycles. The van der Waals surface area contributed by atoms with Gasteiger partial charge < -0.3 is 14.5 Å². The van der Waals surface area contributed by atoms with Crippen LogP contribution in [-0.2, 0) is 9.53 Å². The van der Waals surface area contributed by atoms with Crippen molar-refractivity contribution in [3.05, 3.63) is 0 Å². The molecule has 4 nitrogen and oxygen atoms in total. The molecule has 0 aromatic heterocycles. The number of carbonyl (C=O) groups excluding carboxylic acids is 1. The van der Waals surface area contributed by atoms with Crippen LogP contribution >= 0.6 is 11.8 Å². The van der Waals surface area contributed by atoms with Gasteiger partial charge in [0.15, 0.2) is 0 Å². The molecule has 3 atom stereocenters. The first-order chi connectivity index (χ1) is 10.1. The zero-order valence-electron chi connectivity index (χ0n) is 13.3. The van der Waals surface area contributed by atoms with E-state index in [2.05, 4.69) is 23.9 Å². The number of carbonyl (C=O) groups is 1. The Balaban J connectivity index is 1.57. The first-order valence-electron chi connectivity index (χ1n) is 8.21. The Hall–Kier alpha value is -0.100. The van der Waals surface area contributed by atoms with Crippen molar-refractivity contribution in [1.82, 2.24) is 9.80 Å². The predicted molar refractivity (Wildman–Crippen MR) is 86.9 cm³/mol. The Kier molecular flexibility index (Phi) is 4.94. The molecule has 0 radical (unpaired) electrons. The number of piperazine rings is 1. The maximum atomic E-state index is 12.8. The van der Waals surface area contributed by atoms with Crippen molar-refractivity contribution in [3.8, 4) is 0 Å². The van der Waals surface area contributed by atoms with Gasteiger partial charge >= 0.3 is 0 Å². The lowest BCUT2D eigenvalue weighted by atomic mass is 9.81. The number of Topliss-reactive ketones (excluding diaryl/α,β-unsaturated/α-hetero) is 1. The highest BCUT2D eigenvalue weighted by atomic mass is 32.2. The number of hydrogen-bond donors (Lipinski definition) is 0. The smallest absolute Gasteiger partial charge is 0.137 e. The minimum atomic E-state index is 0.0263. The standard InChI is InChI=1S/C16H28N2O2S/c1-17-5-6-18(2)14(11-17)9-15(19)13-3-7-20-16(10-13)4-8-21-12-16/h13-14H,3-12H2,1-2H3. The number of nitrogens with zero attached hydrogens (tertiary/aromatic N) is 2. The van der Waals surface area contributed by atoms with Gasteiger partial charge in [-0.1, -0.05) is 0 Å². The highest BCUT2D eigenvalue weighted by Gasteiger charge is 2.42. The van der Waals surface area contributed by atoms with Gasteiger partial charge in [-0.2, -0.15) is 11.8 Å². The van der Waals surface area contributed by atoms with Crippen molar-refractivity contribution in [1.29, 1.82) is 0 Å². The lowest BCUT2D eigenvalue weighted by Crippen LogP contribution is -2.51. The summed E-state index contributed by atoms with van der Waals surface area (Å²) in [6.07, 6.45) is 3.74. The predicted octanol–water partition coefficient (Wildman–Crippen LogP) is 1.49. The van der Waals surface area contributed by atoms with Crippen molar-refractivity contribution in [2.24, 2.45) is 5.92 Å². The van der Waals surface area contributed by atoms with E-state index in [1.807, 2.05) is 11.8 Å². The summed E-state index contributed by atoms with van der Waals surface area (Å²) in [6, 6.07) is 0.396. The van der Waals surface area contributed by atoms with Crippen molar-refractivity contribution < 1.29 is 9.53 Å². The molecular weight excluding hydrogens is 284 g/mol. The average molecular weight is 312 g/mol. The molecular formula is C16H28N2O2S. The third-order valence-corrected chi connectivity index (χ3v) is 6.66. The summed E-state index contributed by atoms with van der Waals surface area (Å²) in [4.78, 5) is 17.5. The molecule has 3 aliphatic rings. The molecule has 3 heterocycles. The molecule has 1 spiro atoms. The molecule has 5 heteroatoms. The zero-order chi connectivity index (χ0) is 14.9. The fourth-order valence-electron chi connectivity index (χ4n) is 3.89. The monoisotopic (exact) mass is 312 g/mol. The average Bonchev–Trinajstić information content (AvgIpc) is 2.91. The molecule has 0 aromatic carbocycles. The van der Waals surface area contributed by atoms with Crippen molar-refractivity contribution in [2.45, 2.75) is 37.3 Å². The van der Waals surface area contributed by atoms with Crippen LogP contribution in [0.3, 0.4) is 0 Å². The lowest BCUT2D eigenvalue weighted by molar-refractivity contribution is -0.135. The van der Waals surface area contributed by atoms with Gasteiger partial charge in [0, 0.05) is 50.4 Å². The third-order valence-electron chi connectivity index (χ3n) is 5.43. The number of ketones is 1. The molecule has 3 rings (SSSR count). The van der Waals surface area contributed by atoms with Crippen LogP contribution in [0.25, 0.3) is 0 Å². The second-order valence-electron chi connectivity index (χ2n) is 7.09. The molecule has 3 fully saturated rings. The molecule has 0 bridgehead atoms. The molecule has 0 aromatic rings. The van der Waals surface area contributed by atoms with E-state index < -0.39 is 0 Å². The van der Waals surface area contributed by atoms with E-state index in [0.717, 1.165) is 51.3 Å². The highest BCUT2D eigenvalue weighted by molar-refractivity contribution is 7.99. The van der Waals surface area contributed by atoms with E-state index in [1.165, 1.54) is 5.75 Å². The summed E-state index contributed by atoms with van der Waals surface area (Å²) < 4.78 is 6.04. The summed E-state index contributed by atoms with van der Waals surface area (Å²) in [5.41, 5.74) is 0.0263. The van der Waals surface area contributed by atoms with E-state index in [0.29, 0.717) is 18.2 Å². The van der Waals surface area contributed by atoms with Crippen molar-refractivity contribution in [3.63, 3.8) is 0 Å². The van der Waals surface area contributed by atoms with Crippen LogP contribution in [0.1, 0.15) is 25.7 Å². The molecule has 0 N–H and O–H groups in total. The maximum absolute atomic E-state index is 12.8. The number of thioether (sulfide) groups is 1. The Morgan fingerprint density at radius 1 is 1.38 bits per heavy atom. The van der Waals surface area contributed by atoms with E-state index >= 15 is 0 Å². The van der Waals surface area contributed by atoms with Gasteiger partial charge in [-0.15, -0.1) is 0 Å². The minimum Gasteiger partial charge on any atom is -0.374 e. The minimum absolute atomic E-state index is 0.0263. The Bertz CT molecular complexity index is 384. The maximum Gasteiger partial charge on any atom is 0.137 e. The second-order valence-corrected chi connectivity index (χ2v) is 8.20. The Morgan fingerprint density at radius 2 is 2.24 bits per heavy atom. The molecule has 21 heavy (non-hydrogen) atoms. The van der Waals surface area contributed by atoms with E-state index in [-0.39, 0.29) is 11.5 Å². The van der Waals surface area contributed by atoms with Gasteiger partial charge in [0.1, 0.15) is 5.78 Å². The van der Waals surface area contributed by atoms with Gasteiger partial charge in [0.05, 0.1) is 5.60 Å². The van der Waals surface area contributed by atoms with Crippen LogP contribution in [0.15, 0.2) is 0 Å². The Labute approximate surface area is 132 Å². The summed E-state index contributed by atoms with van der Waals surface area (Å²) in [5.74, 6) is 2.99. The Morgan fingerprint density at radius 3 is 3.00 bits per heavy atom. The van der Waals surface area contributed by atoms with Crippen LogP contribution in [-0.4, -0.2) is 79.1 Å². The number of ether oxygens (including phenoxy) is 1. The fraction of sp³-hybridized carbons (Fsp3) is 0.938. The van der Waals surface area contributed by atoms with E-state index in [4.69, 9.17) is 4.74 Å². The lowest BCUT2D eigenvalue weighted by Gasteiger charge is -2.40. The topological polar surface area (TPSA) is 32.8 Å². The van der Waals surface area contributed by atoms with Crippen molar-refractivity contribution in [2.75, 3.05) is 51.8 Å². The van der Waals surface area contributed by atoms with Crippen LogP contribution in [0.5, 0.6) is 0 Å². The highest BCUT2D eigenvalue weighted by Crippen LogP contribution is 2.41. The second kappa shape index (κ2) is 6.57. The third kappa shape index (κ3) is 3.63. The SMILES string of the molecule is CN1CCN(C)C(CC(=O)C2CCOC3(CCSC3)C2)C1. The largest absolute Gasteiger partial charge is 0.374 e. The van der Waals surface area contributed by atoms with Crippen LogP contribution in [0.4, 0.5) is 0 Å². The first-order valence-corrected chi connectivity index (χ1v) is 9.37. The molecule has 0 amide bonds. The summed E-state index contributed by atoms with van der Waals surface area (Å²) in [7, 11) is 4.31. The van der Waals surface area contributed by atoms with Gasteiger partial charge in [0.25, 0.3) is 0 Å². The summed E-state index contributed by atoms with van der Waals surface area (Å²) >= 11 is 1.98. The van der Waals surface area contributed by atoms with Crippen LogP contribution < -0.4 is 0 Å². The summed E-state index contributed by atoms with van der Waals surface area (Å²) in [6.45, 7) is 3.98. The molecule has 3 unspecified atom stereocenters. The van der Waals surface area contributed by atoms with Gasteiger partial charge in [-0.25, -0.2) is 0 Å². The number of hydrogen-bond acceptors (Lipinski definition) is 5. The van der Waals surface area contributed by atoms with E-state index in [1.54, 1.807) is 0 Å². The van der Waals surface area contributed by atoms with Crippen molar-refractivity contribution >= 4 is 17.5 Å². The van der Waals surface area contributed by atoms with Gasteiger partial charge in [-0.3, -0.25) is 4.79 Å².